The lowest BCUT2D eigenvalue weighted by molar-refractivity contribution is -0.140. The molecule has 0 bridgehead atoms. The van der Waals surface area contributed by atoms with Gasteiger partial charge in [-0.15, -0.1) is 0 Å². The zero-order valence-corrected chi connectivity index (χ0v) is 18.5. The van der Waals surface area contributed by atoms with Crippen molar-refractivity contribution in [2.45, 2.75) is 46.7 Å². The van der Waals surface area contributed by atoms with Gasteiger partial charge in [-0.05, 0) is 53.3 Å². The Balaban J connectivity index is 1.35. The molecule has 0 fully saturated rings. The molecule has 0 spiro atoms. The van der Waals surface area contributed by atoms with Crippen LogP contribution in [0.2, 0.25) is 0 Å². The summed E-state index contributed by atoms with van der Waals surface area (Å²) in [5, 5.41) is 2.99. The molecule has 2 aromatic rings. The van der Waals surface area contributed by atoms with E-state index >= 15 is 0 Å². The first-order valence-electron chi connectivity index (χ1n) is 10.9. The van der Waals surface area contributed by atoms with Crippen molar-refractivity contribution in [2.24, 2.45) is 5.41 Å². The second-order valence-electron chi connectivity index (χ2n) is 8.98. The molecule has 0 atom stereocenters. The lowest BCUT2D eigenvalue weighted by Gasteiger charge is -2.33. The molecular weight excluding hydrogens is 388 g/mol. The molecule has 162 valence electrons. The van der Waals surface area contributed by atoms with E-state index in [2.05, 4.69) is 23.3 Å². The van der Waals surface area contributed by atoms with E-state index in [1.165, 1.54) is 5.57 Å². The number of fused-ring (bicyclic) bond motifs is 1. The fourth-order valence-electron chi connectivity index (χ4n) is 4.03. The molecule has 4 rings (SSSR count). The first-order valence-corrected chi connectivity index (χ1v) is 10.9. The summed E-state index contributed by atoms with van der Waals surface area (Å²) in [7, 11) is 0. The number of nitrogens with zero attached hydrogens (tertiary/aromatic N) is 3. The fraction of sp³-hybridized carbons (Fsp3) is 0.400. The summed E-state index contributed by atoms with van der Waals surface area (Å²) in [6, 6.07) is 9.82. The van der Waals surface area contributed by atoms with Gasteiger partial charge in [0.05, 0.1) is 0 Å². The van der Waals surface area contributed by atoms with E-state index in [1.807, 2.05) is 55.3 Å². The van der Waals surface area contributed by atoms with Gasteiger partial charge in [0.1, 0.15) is 0 Å². The van der Waals surface area contributed by atoms with Crippen LogP contribution in [0.15, 0.2) is 48.8 Å². The highest BCUT2D eigenvalue weighted by Gasteiger charge is 2.31. The lowest BCUT2D eigenvalue weighted by atomic mass is 9.87. The van der Waals surface area contributed by atoms with Gasteiger partial charge in [0.25, 0.3) is 0 Å². The maximum absolute atomic E-state index is 12.7. The number of hydrogen-bond donors (Lipinski definition) is 1. The van der Waals surface area contributed by atoms with E-state index in [4.69, 9.17) is 0 Å². The average molecular weight is 419 g/mol. The van der Waals surface area contributed by atoms with E-state index in [-0.39, 0.29) is 17.4 Å². The van der Waals surface area contributed by atoms with Crippen molar-refractivity contribution < 1.29 is 9.59 Å². The molecule has 0 unspecified atom stereocenters. The predicted octanol–water partition coefficient (Wildman–Crippen LogP) is 4.68. The minimum atomic E-state index is -0.307. The molecular formula is C25H30N4O2. The van der Waals surface area contributed by atoms with Gasteiger partial charge in [-0.2, -0.15) is 0 Å². The Morgan fingerprint density at radius 3 is 2.45 bits per heavy atom. The van der Waals surface area contributed by atoms with Crippen LogP contribution in [-0.4, -0.2) is 39.8 Å². The third-order valence-electron chi connectivity index (χ3n) is 6.48. The number of hydrogen-bond acceptors (Lipinski definition) is 3. The predicted molar refractivity (Wildman–Crippen MR) is 122 cm³/mol. The van der Waals surface area contributed by atoms with Crippen LogP contribution in [0.1, 0.15) is 50.3 Å². The van der Waals surface area contributed by atoms with E-state index in [1.54, 1.807) is 11.1 Å². The van der Waals surface area contributed by atoms with Crippen molar-refractivity contribution in [3.63, 3.8) is 0 Å². The summed E-state index contributed by atoms with van der Waals surface area (Å²) in [6.07, 6.45) is 7.42. The average Bonchev–Trinajstić information content (AvgIpc) is 3.24. The molecule has 3 heterocycles. The lowest BCUT2D eigenvalue weighted by Crippen LogP contribution is -2.42. The highest BCUT2D eigenvalue weighted by atomic mass is 16.2. The number of rotatable bonds is 4. The second kappa shape index (κ2) is 8.53. The monoisotopic (exact) mass is 418 g/mol. The molecule has 6 nitrogen and oxygen atoms in total. The van der Waals surface area contributed by atoms with E-state index in [0.717, 1.165) is 41.8 Å². The second-order valence-corrected chi connectivity index (χ2v) is 8.98. The summed E-state index contributed by atoms with van der Waals surface area (Å²) in [5.41, 5.74) is 5.11. The number of carbonyl (C=O) groups excluding carboxylic acids is 2. The Morgan fingerprint density at radius 1 is 1.06 bits per heavy atom. The first kappa shape index (κ1) is 21.1. The molecule has 6 heteroatoms. The number of carbonyl (C=O) groups is 2. The van der Waals surface area contributed by atoms with Gasteiger partial charge in [-0.25, -0.2) is 4.79 Å². The first-order chi connectivity index (χ1) is 14.9. The minimum absolute atomic E-state index is 0.103. The molecule has 0 saturated carbocycles. The fourth-order valence-corrected chi connectivity index (χ4v) is 4.03. The molecule has 31 heavy (non-hydrogen) atoms. The molecule has 3 amide bonds. The Morgan fingerprint density at radius 2 is 1.81 bits per heavy atom. The molecule has 1 aromatic heterocycles. The molecule has 0 saturated heterocycles. The molecule has 0 radical (unpaired) electrons. The quantitative estimate of drug-likeness (QED) is 0.784. The Bertz CT molecular complexity index is 985. The van der Waals surface area contributed by atoms with Crippen molar-refractivity contribution in [1.29, 1.82) is 0 Å². The summed E-state index contributed by atoms with van der Waals surface area (Å²) in [4.78, 5) is 33.2. The number of aromatic nitrogens is 1. The zero-order valence-electron chi connectivity index (χ0n) is 18.5. The van der Waals surface area contributed by atoms with Gasteiger partial charge in [0, 0.05) is 49.7 Å². The van der Waals surface area contributed by atoms with Crippen LogP contribution in [-0.2, 0) is 17.9 Å². The van der Waals surface area contributed by atoms with Gasteiger partial charge < -0.3 is 15.1 Å². The zero-order chi connectivity index (χ0) is 22.0. The molecule has 1 N–H and O–H groups in total. The number of benzene rings is 1. The maximum Gasteiger partial charge on any atom is 0.322 e. The third-order valence-corrected chi connectivity index (χ3v) is 6.48. The summed E-state index contributed by atoms with van der Waals surface area (Å²) in [6.45, 7) is 8.68. The number of nitrogens with one attached hydrogen (secondary N) is 1. The van der Waals surface area contributed by atoms with E-state index in [9.17, 15) is 9.59 Å². The van der Waals surface area contributed by atoms with Gasteiger partial charge in [0.15, 0.2) is 0 Å². The summed E-state index contributed by atoms with van der Waals surface area (Å²) < 4.78 is 0. The van der Waals surface area contributed by atoms with Crippen LogP contribution in [0.3, 0.4) is 0 Å². The SMILES string of the molecule is CCC(C)(C)C(=O)N1CC=C(c2ccc(NC(=O)N3Cc4ccncc4C3)cc2)CC1. The van der Waals surface area contributed by atoms with Crippen molar-refractivity contribution in [3.05, 3.63) is 65.5 Å². The van der Waals surface area contributed by atoms with E-state index < -0.39 is 0 Å². The topological polar surface area (TPSA) is 65.5 Å². The standard InChI is InChI=1S/C25H30N4O2/c1-4-25(2,3)23(30)28-13-10-19(11-14-28)18-5-7-22(8-6-18)27-24(31)29-16-20-9-12-26-15-21(20)17-29/h5-10,12,15H,4,11,13-14,16-17H2,1-3H3,(H,27,31). The maximum atomic E-state index is 12.7. The molecule has 1 aromatic carbocycles. The number of pyridine rings is 1. The minimum Gasteiger partial charge on any atom is -0.338 e. The van der Waals surface area contributed by atoms with Crippen LogP contribution in [0.4, 0.5) is 10.5 Å². The normalized spacial score (nSPS) is 16.0. The van der Waals surface area contributed by atoms with Gasteiger partial charge in [-0.1, -0.05) is 39.0 Å². The van der Waals surface area contributed by atoms with Gasteiger partial charge >= 0.3 is 6.03 Å². The number of amides is 3. The molecule has 2 aliphatic rings. The third kappa shape index (κ3) is 4.48. The van der Waals surface area contributed by atoms with Crippen molar-refractivity contribution >= 4 is 23.2 Å². The van der Waals surface area contributed by atoms with Crippen LogP contribution < -0.4 is 5.32 Å². The van der Waals surface area contributed by atoms with Crippen LogP contribution in [0, 0.1) is 5.41 Å². The van der Waals surface area contributed by atoms with Gasteiger partial charge in [0.2, 0.25) is 5.91 Å². The summed E-state index contributed by atoms with van der Waals surface area (Å²) >= 11 is 0. The van der Waals surface area contributed by atoms with Crippen LogP contribution >= 0.6 is 0 Å². The van der Waals surface area contributed by atoms with Crippen LogP contribution in [0.25, 0.3) is 5.57 Å². The van der Waals surface area contributed by atoms with Crippen molar-refractivity contribution in [1.82, 2.24) is 14.8 Å². The molecule has 2 aliphatic heterocycles. The van der Waals surface area contributed by atoms with E-state index in [0.29, 0.717) is 19.6 Å². The highest BCUT2D eigenvalue weighted by molar-refractivity contribution is 5.90. The Labute approximate surface area is 184 Å². The van der Waals surface area contributed by atoms with Crippen molar-refractivity contribution in [2.75, 3.05) is 18.4 Å². The number of anilines is 1. The van der Waals surface area contributed by atoms with Crippen LogP contribution in [0.5, 0.6) is 0 Å². The van der Waals surface area contributed by atoms with Gasteiger partial charge in [-0.3, -0.25) is 9.78 Å². The highest BCUT2D eigenvalue weighted by Crippen LogP contribution is 2.28. The van der Waals surface area contributed by atoms with Crippen molar-refractivity contribution in [3.8, 4) is 0 Å². The Hall–Kier alpha value is -3.15. The molecule has 0 aliphatic carbocycles. The largest absolute Gasteiger partial charge is 0.338 e. The summed E-state index contributed by atoms with van der Waals surface area (Å²) in [5.74, 6) is 0.225. The number of urea groups is 1. The Kier molecular flexibility index (Phi) is 5.81. The smallest absolute Gasteiger partial charge is 0.322 e.